The van der Waals surface area contributed by atoms with E-state index in [0.717, 1.165) is 6.08 Å². The minimum absolute atomic E-state index is 0.403. The molecule has 1 aliphatic rings. The highest BCUT2D eigenvalue weighted by Gasteiger charge is 2.98. The van der Waals surface area contributed by atoms with Gasteiger partial charge in [-0.05, 0) is 30.8 Å². The zero-order valence-electron chi connectivity index (χ0n) is 19.2. The molecule has 3 unspecified atom stereocenters. The van der Waals surface area contributed by atoms with Crippen molar-refractivity contribution in [2.45, 2.75) is 72.3 Å². The highest BCUT2D eigenvalue weighted by molar-refractivity contribution is 5.19. The molecule has 0 aromatic carbocycles. The average molecular weight is 652 g/mol. The maximum Gasteiger partial charge on any atom is 0.460 e. The lowest BCUT2D eigenvalue weighted by Gasteiger charge is -2.45. The molecule has 0 heterocycles. The first-order chi connectivity index (χ1) is 17.7. The lowest BCUT2D eigenvalue weighted by molar-refractivity contribution is -0.475. The number of allylic oxidation sites excluding steroid dienone is 2. The fourth-order valence-corrected chi connectivity index (χ4v) is 3.86. The molecule has 41 heavy (non-hydrogen) atoms. The predicted octanol–water partition coefficient (Wildman–Crippen LogP) is 9.44. The molecular formula is C20H13F21. The van der Waals surface area contributed by atoms with Crippen LogP contribution in [0.3, 0.4) is 0 Å². The minimum Gasteiger partial charge on any atom is -0.199 e. The molecule has 0 bridgehead atoms. The van der Waals surface area contributed by atoms with Gasteiger partial charge in [-0.3, -0.25) is 0 Å². The van der Waals surface area contributed by atoms with E-state index in [-0.39, 0.29) is 0 Å². The smallest absolute Gasteiger partial charge is 0.199 e. The molecule has 0 spiro atoms. The van der Waals surface area contributed by atoms with E-state index < -0.39 is 90.1 Å². The Kier molecular flexibility index (Phi) is 8.91. The van der Waals surface area contributed by atoms with Gasteiger partial charge in [0, 0.05) is 5.92 Å². The van der Waals surface area contributed by atoms with E-state index >= 15 is 0 Å². The van der Waals surface area contributed by atoms with Crippen molar-refractivity contribution >= 4 is 0 Å². The van der Waals surface area contributed by atoms with E-state index in [1.165, 1.54) is 0 Å². The van der Waals surface area contributed by atoms with Crippen molar-refractivity contribution in [1.82, 2.24) is 0 Å². The normalized spacial score (nSPS) is 22.9. The van der Waals surface area contributed by atoms with Crippen molar-refractivity contribution in [2.75, 3.05) is 0 Å². The van der Waals surface area contributed by atoms with Crippen LogP contribution in [0.15, 0.2) is 31.0 Å². The van der Waals surface area contributed by atoms with Crippen LogP contribution in [-0.2, 0) is 0 Å². The SMILES string of the molecule is C=C=CC1CC(C=C)CC1C(F)(F)C(F)(F)C(F)(F)C(F)(F)C(F)(F)C(F)(F)C(F)(F)C(F)(F)C(F)(F)C(F)(F)F. The van der Waals surface area contributed by atoms with Gasteiger partial charge in [0.15, 0.2) is 0 Å². The molecular weight excluding hydrogens is 639 g/mol. The van der Waals surface area contributed by atoms with Crippen molar-refractivity contribution < 1.29 is 92.2 Å². The topological polar surface area (TPSA) is 0 Å². The molecule has 0 amide bonds. The average Bonchev–Trinajstić information content (AvgIpc) is 3.21. The Morgan fingerprint density at radius 1 is 0.488 bits per heavy atom. The molecule has 21 heteroatoms. The zero-order valence-corrected chi connectivity index (χ0v) is 19.2. The van der Waals surface area contributed by atoms with Crippen molar-refractivity contribution in [3.8, 4) is 0 Å². The molecule has 0 radical (unpaired) electrons. The lowest BCUT2D eigenvalue weighted by atomic mass is 9.80. The Hall–Kier alpha value is -2.21. The van der Waals surface area contributed by atoms with Crippen LogP contribution >= 0.6 is 0 Å². The maximum atomic E-state index is 14.6. The molecule has 1 saturated carbocycles. The minimum atomic E-state index is -9.17. The number of hydrogen-bond donors (Lipinski definition) is 0. The second-order valence-corrected chi connectivity index (χ2v) is 8.82. The van der Waals surface area contributed by atoms with Gasteiger partial charge in [0.1, 0.15) is 0 Å². The summed E-state index contributed by atoms with van der Waals surface area (Å²) in [4.78, 5) is 0. The fraction of sp³-hybridized carbons (Fsp3) is 0.750. The van der Waals surface area contributed by atoms with E-state index in [4.69, 9.17) is 0 Å². The highest BCUT2D eigenvalue weighted by Crippen LogP contribution is 2.67. The maximum absolute atomic E-state index is 14.6. The van der Waals surface area contributed by atoms with Crippen molar-refractivity contribution in [1.29, 1.82) is 0 Å². The van der Waals surface area contributed by atoms with Crippen molar-refractivity contribution in [3.63, 3.8) is 0 Å². The summed E-state index contributed by atoms with van der Waals surface area (Å²) in [6, 6.07) is 0. The fourth-order valence-electron chi connectivity index (χ4n) is 3.86. The predicted molar refractivity (Wildman–Crippen MR) is 94.2 cm³/mol. The van der Waals surface area contributed by atoms with Gasteiger partial charge >= 0.3 is 59.5 Å². The first-order valence-electron chi connectivity index (χ1n) is 10.2. The Balaban J connectivity index is 3.81. The highest BCUT2D eigenvalue weighted by atomic mass is 19.4. The third-order valence-electron chi connectivity index (χ3n) is 6.31. The van der Waals surface area contributed by atoms with Gasteiger partial charge in [-0.2, -0.15) is 92.2 Å². The van der Waals surface area contributed by atoms with Gasteiger partial charge in [0.05, 0.1) is 0 Å². The van der Waals surface area contributed by atoms with Crippen molar-refractivity contribution in [3.05, 3.63) is 31.0 Å². The molecule has 1 fully saturated rings. The molecule has 240 valence electrons. The summed E-state index contributed by atoms with van der Waals surface area (Å²) in [5, 5.41) is 0. The monoisotopic (exact) mass is 652 g/mol. The second kappa shape index (κ2) is 9.92. The summed E-state index contributed by atoms with van der Waals surface area (Å²) in [5.74, 6) is -83.4. The molecule has 3 atom stereocenters. The van der Waals surface area contributed by atoms with Gasteiger partial charge in [-0.1, -0.05) is 12.7 Å². The van der Waals surface area contributed by atoms with Gasteiger partial charge in [-0.25, -0.2) is 0 Å². The third kappa shape index (κ3) is 4.67. The Labute approximate surface area is 214 Å². The molecule has 0 N–H and O–H groups in total. The van der Waals surface area contributed by atoms with Gasteiger partial charge < -0.3 is 0 Å². The van der Waals surface area contributed by atoms with Crippen LogP contribution in [0.2, 0.25) is 0 Å². The summed E-state index contributed by atoms with van der Waals surface area (Å²) < 4.78 is 285. The molecule has 1 rings (SSSR count). The molecule has 0 aromatic rings. The van der Waals surface area contributed by atoms with Crippen LogP contribution < -0.4 is 0 Å². The number of hydrogen-bond acceptors (Lipinski definition) is 0. The summed E-state index contributed by atoms with van der Waals surface area (Å²) in [7, 11) is 0. The first-order valence-corrected chi connectivity index (χ1v) is 10.2. The van der Waals surface area contributed by atoms with Crippen LogP contribution in [0.1, 0.15) is 12.8 Å². The van der Waals surface area contributed by atoms with Gasteiger partial charge in [0.2, 0.25) is 0 Å². The quantitative estimate of drug-likeness (QED) is 0.119. The zero-order chi connectivity index (χ0) is 33.3. The molecule has 0 aromatic heterocycles. The van der Waals surface area contributed by atoms with Crippen LogP contribution in [0.4, 0.5) is 92.2 Å². The Morgan fingerprint density at radius 2 is 0.805 bits per heavy atom. The third-order valence-corrected chi connectivity index (χ3v) is 6.31. The number of halogens is 21. The van der Waals surface area contributed by atoms with Gasteiger partial charge in [0.25, 0.3) is 0 Å². The molecule has 0 nitrogen and oxygen atoms in total. The summed E-state index contributed by atoms with van der Waals surface area (Å²) in [5.41, 5.74) is 1.74. The van der Waals surface area contributed by atoms with Crippen LogP contribution in [0, 0.1) is 17.8 Å². The van der Waals surface area contributed by atoms with Gasteiger partial charge in [-0.15, -0.1) is 12.3 Å². The van der Waals surface area contributed by atoms with Crippen LogP contribution in [-0.4, -0.2) is 59.5 Å². The molecule has 1 aliphatic carbocycles. The summed E-state index contributed by atoms with van der Waals surface area (Å²) in [6.45, 7) is 5.88. The molecule has 0 aliphatic heterocycles. The summed E-state index contributed by atoms with van der Waals surface area (Å²) >= 11 is 0. The molecule has 0 saturated heterocycles. The number of rotatable bonds is 11. The second-order valence-electron chi connectivity index (χ2n) is 8.82. The van der Waals surface area contributed by atoms with E-state index in [2.05, 4.69) is 13.2 Å². The Bertz CT molecular complexity index is 1030. The lowest BCUT2D eigenvalue weighted by Crippen LogP contribution is -2.77. The standard InChI is InChI=1S/C20H13F21/c1-3-5-9-6-8(4-2)7-10(9)11(21,22)12(23,24)13(25,26)14(27,28)15(29,30)16(31,32)17(33,34)18(35,36)19(37,38)20(39,40)41/h4-5,8-10H,1-2,6-7H2. The van der Waals surface area contributed by atoms with E-state index in [0.29, 0.717) is 6.08 Å². The van der Waals surface area contributed by atoms with E-state index in [1.54, 1.807) is 5.73 Å². The first kappa shape index (κ1) is 36.8. The summed E-state index contributed by atoms with van der Waals surface area (Å²) in [6.07, 6.45) is -8.87. The van der Waals surface area contributed by atoms with Crippen LogP contribution in [0.5, 0.6) is 0 Å². The van der Waals surface area contributed by atoms with E-state index in [1.807, 2.05) is 0 Å². The number of alkyl halides is 21. The van der Waals surface area contributed by atoms with Crippen LogP contribution in [0.25, 0.3) is 0 Å². The van der Waals surface area contributed by atoms with Crippen molar-refractivity contribution in [2.24, 2.45) is 17.8 Å². The van der Waals surface area contributed by atoms with E-state index in [9.17, 15) is 92.2 Å². The largest absolute Gasteiger partial charge is 0.460 e. The Morgan fingerprint density at radius 3 is 1.10 bits per heavy atom.